The van der Waals surface area contributed by atoms with Crippen LogP contribution in [0.25, 0.3) is 0 Å². The molecule has 1 radical (unpaired) electrons. The Morgan fingerprint density at radius 2 is 1.42 bits per heavy atom. The maximum Gasteiger partial charge on any atom is 0.283 e. The summed E-state index contributed by atoms with van der Waals surface area (Å²) in [5.74, 6) is 2.16. The van der Waals surface area contributed by atoms with E-state index in [1.807, 2.05) is 0 Å². The minimum Gasteiger partial charge on any atom is -0.404 e. The van der Waals surface area contributed by atoms with E-state index in [2.05, 4.69) is 81.4 Å². The Hall–Kier alpha value is -1.38. The van der Waals surface area contributed by atoms with Gasteiger partial charge in [0, 0.05) is 6.10 Å². The molecule has 1 nitrogen and oxygen atoms in total. The molecule has 2 aromatic rings. The molecule has 1 aliphatic rings. The first kappa shape index (κ1) is 17.4. The Kier molecular flexibility index (Phi) is 5.91. The van der Waals surface area contributed by atoms with Gasteiger partial charge in [-0.1, -0.05) is 87.9 Å². The zero-order chi connectivity index (χ0) is 16.9. The van der Waals surface area contributed by atoms with Crippen LogP contribution in [0.5, 0.6) is 0 Å². The van der Waals surface area contributed by atoms with Crippen molar-refractivity contribution in [2.75, 3.05) is 0 Å². The van der Waals surface area contributed by atoms with Crippen molar-refractivity contribution < 1.29 is 4.43 Å². The smallest absolute Gasteiger partial charge is 0.283 e. The molecular formula is C22H29OSi. The molecular weight excluding hydrogens is 308 g/mol. The largest absolute Gasteiger partial charge is 0.404 e. The van der Waals surface area contributed by atoms with Gasteiger partial charge in [-0.25, -0.2) is 0 Å². The fourth-order valence-corrected chi connectivity index (χ4v) is 6.05. The van der Waals surface area contributed by atoms with Gasteiger partial charge in [-0.05, 0) is 41.0 Å². The third kappa shape index (κ3) is 4.17. The highest BCUT2D eigenvalue weighted by Gasteiger charge is 2.34. The zero-order valence-corrected chi connectivity index (χ0v) is 16.1. The van der Waals surface area contributed by atoms with Crippen molar-refractivity contribution >= 4 is 19.4 Å². The van der Waals surface area contributed by atoms with Gasteiger partial charge in [-0.2, -0.15) is 0 Å². The van der Waals surface area contributed by atoms with Crippen LogP contribution in [0.1, 0.15) is 40.0 Å². The van der Waals surface area contributed by atoms with Crippen LogP contribution in [0.2, 0.25) is 0 Å². The van der Waals surface area contributed by atoms with Crippen LogP contribution in [0.4, 0.5) is 0 Å². The topological polar surface area (TPSA) is 9.23 Å². The molecule has 1 fully saturated rings. The molecule has 0 N–H and O–H groups in total. The van der Waals surface area contributed by atoms with E-state index in [4.69, 9.17) is 4.43 Å². The van der Waals surface area contributed by atoms with Crippen LogP contribution in [0.15, 0.2) is 60.7 Å². The first-order chi connectivity index (χ1) is 11.6. The van der Waals surface area contributed by atoms with E-state index < -0.39 is 9.04 Å². The van der Waals surface area contributed by atoms with Crippen molar-refractivity contribution in [3.63, 3.8) is 0 Å². The van der Waals surface area contributed by atoms with Gasteiger partial charge in [0.1, 0.15) is 0 Å². The Morgan fingerprint density at radius 3 is 1.92 bits per heavy atom. The van der Waals surface area contributed by atoms with Gasteiger partial charge in [0.2, 0.25) is 0 Å². The molecule has 127 valence electrons. The van der Waals surface area contributed by atoms with Gasteiger partial charge in [-0.15, -0.1) is 0 Å². The summed E-state index contributed by atoms with van der Waals surface area (Å²) in [6.45, 7) is 7.09. The monoisotopic (exact) mass is 337 g/mol. The maximum atomic E-state index is 6.91. The van der Waals surface area contributed by atoms with Crippen LogP contribution in [0.3, 0.4) is 0 Å². The summed E-state index contributed by atoms with van der Waals surface area (Å²) >= 11 is 0. The molecule has 3 unspecified atom stereocenters. The molecule has 0 heterocycles. The first-order valence-corrected chi connectivity index (χ1v) is 10.7. The fraction of sp³-hybridized carbons (Fsp3) is 0.455. The highest BCUT2D eigenvalue weighted by atomic mass is 28.3. The summed E-state index contributed by atoms with van der Waals surface area (Å²) in [5, 5.41) is 2.71. The van der Waals surface area contributed by atoms with Crippen molar-refractivity contribution in [1.82, 2.24) is 0 Å². The Labute approximate surface area is 148 Å². The summed E-state index contributed by atoms with van der Waals surface area (Å²) in [5.41, 5.74) is 0. The molecule has 24 heavy (non-hydrogen) atoms. The van der Waals surface area contributed by atoms with Gasteiger partial charge in [0.05, 0.1) is 0 Å². The lowest BCUT2D eigenvalue weighted by Crippen LogP contribution is -2.50. The van der Waals surface area contributed by atoms with Crippen LogP contribution >= 0.6 is 0 Å². The van der Waals surface area contributed by atoms with Crippen LogP contribution < -0.4 is 10.4 Å². The van der Waals surface area contributed by atoms with Gasteiger partial charge in [0.15, 0.2) is 0 Å². The van der Waals surface area contributed by atoms with Crippen molar-refractivity contribution in [1.29, 1.82) is 0 Å². The van der Waals surface area contributed by atoms with Crippen LogP contribution in [-0.2, 0) is 4.43 Å². The summed E-state index contributed by atoms with van der Waals surface area (Å²) in [7, 11) is -1.19. The second-order valence-electron chi connectivity index (χ2n) is 7.54. The number of hydrogen-bond donors (Lipinski definition) is 0. The molecule has 0 saturated heterocycles. The molecule has 0 spiro atoms. The lowest BCUT2D eigenvalue weighted by atomic mass is 9.75. The number of benzene rings is 2. The highest BCUT2D eigenvalue weighted by molar-refractivity contribution is 6.80. The maximum absolute atomic E-state index is 6.91. The Balaban J connectivity index is 1.88. The van der Waals surface area contributed by atoms with Gasteiger partial charge in [0.25, 0.3) is 9.04 Å². The summed E-state index contributed by atoms with van der Waals surface area (Å²) in [6, 6.07) is 21.7. The molecule has 3 rings (SSSR count). The average Bonchev–Trinajstić information content (AvgIpc) is 2.61. The van der Waals surface area contributed by atoms with Gasteiger partial charge < -0.3 is 4.43 Å². The molecule has 0 bridgehead atoms. The second-order valence-corrected chi connectivity index (χ2v) is 9.59. The minimum atomic E-state index is -1.19. The van der Waals surface area contributed by atoms with E-state index in [0.29, 0.717) is 17.9 Å². The zero-order valence-electron chi connectivity index (χ0n) is 15.1. The van der Waals surface area contributed by atoms with Crippen LogP contribution in [0, 0.1) is 17.8 Å². The molecule has 2 aromatic carbocycles. The summed E-state index contributed by atoms with van der Waals surface area (Å²) < 4.78 is 6.91. The predicted molar refractivity (Wildman–Crippen MR) is 104 cm³/mol. The normalized spacial score (nSPS) is 24.5. The van der Waals surface area contributed by atoms with E-state index in [9.17, 15) is 0 Å². The first-order valence-electron chi connectivity index (χ1n) is 9.29. The molecule has 2 heteroatoms. The van der Waals surface area contributed by atoms with Crippen molar-refractivity contribution in [2.24, 2.45) is 17.8 Å². The second kappa shape index (κ2) is 8.13. The predicted octanol–water partition coefficient (Wildman–Crippen LogP) is 4.27. The number of hydrogen-bond acceptors (Lipinski definition) is 1. The van der Waals surface area contributed by atoms with Crippen molar-refractivity contribution in [3.05, 3.63) is 60.7 Å². The summed E-state index contributed by atoms with van der Waals surface area (Å²) in [4.78, 5) is 0. The SMILES string of the molecule is CC1CCC(C(C)C)C(O[Si](c2ccccc2)c2ccccc2)C1. The molecule has 0 aromatic heterocycles. The van der Waals surface area contributed by atoms with Crippen molar-refractivity contribution in [2.45, 2.75) is 46.1 Å². The molecule has 0 aliphatic heterocycles. The molecule has 3 atom stereocenters. The van der Waals surface area contributed by atoms with Gasteiger partial charge >= 0.3 is 0 Å². The van der Waals surface area contributed by atoms with E-state index in [1.54, 1.807) is 0 Å². The number of rotatable bonds is 5. The van der Waals surface area contributed by atoms with E-state index in [0.717, 1.165) is 5.92 Å². The summed E-state index contributed by atoms with van der Waals surface area (Å²) in [6.07, 6.45) is 4.25. The van der Waals surface area contributed by atoms with E-state index in [1.165, 1.54) is 29.6 Å². The van der Waals surface area contributed by atoms with Gasteiger partial charge in [-0.3, -0.25) is 0 Å². The third-order valence-corrected chi connectivity index (χ3v) is 7.56. The Bertz CT molecular complexity index is 571. The Morgan fingerprint density at radius 1 is 0.875 bits per heavy atom. The van der Waals surface area contributed by atoms with E-state index >= 15 is 0 Å². The average molecular weight is 338 g/mol. The molecule has 1 saturated carbocycles. The fourth-order valence-electron chi connectivity index (χ4n) is 3.88. The third-order valence-electron chi connectivity index (χ3n) is 5.30. The lowest BCUT2D eigenvalue weighted by molar-refractivity contribution is 0.0475. The standard InChI is InChI=1S/C22H29OSi/c1-17(2)21-15-14-18(3)16-22(21)23-24(19-10-6-4-7-11-19)20-12-8-5-9-13-20/h4-13,17-18,21-22H,14-16H2,1-3H3. The van der Waals surface area contributed by atoms with Crippen molar-refractivity contribution in [3.8, 4) is 0 Å². The lowest BCUT2D eigenvalue weighted by Gasteiger charge is -2.39. The minimum absolute atomic E-state index is 0.392. The molecule has 0 amide bonds. The quantitative estimate of drug-likeness (QED) is 0.740. The van der Waals surface area contributed by atoms with E-state index in [-0.39, 0.29) is 0 Å². The molecule has 1 aliphatic carbocycles. The highest BCUT2D eigenvalue weighted by Crippen LogP contribution is 2.35. The van der Waals surface area contributed by atoms with Crippen LogP contribution in [-0.4, -0.2) is 15.1 Å².